The Bertz CT molecular complexity index is 4690. The van der Waals surface area contributed by atoms with Crippen LogP contribution >= 0.6 is 0 Å². The zero-order chi connectivity index (χ0) is 56.9. The molecule has 9 aromatic carbocycles. The Hall–Kier alpha value is -11.9. The van der Waals surface area contributed by atoms with Crippen molar-refractivity contribution in [2.75, 3.05) is 9.80 Å². The van der Waals surface area contributed by atoms with Crippen LogP contribution in [0, 0.1) is 0 Å². The van der Waals surface area contributed by atoms with Crippen molar-refractivity contribution in [3.8, 4) is 56.4 Å². The van der Waals surface area contributed by atoms with Crippen LogP contribution in [0.25, 0.3) is 111 Å². The molecular weight excluding hydrogens is 1050 g/mol. The van der Waals surface area contributed by atoms with Crippen LogP contribution in [0.4, 0.5) is 34.1 Å². The monoisotopic (exact) mass is 1100 g/mol. The number of pyridine rings is 4. The van der Waals surface area contributed by atoms with Crippen LogP contribution in [0.15, 0.2) is 304 Å². The summed E-state index contributed by atoms with van der Waals surface area (Å²) in [7, 11) is 0. The molecule has 0 aliphatic carbocycles. The van der Waals surface area contributed by atoms with E-state index in [4.69, 9.17) is 19.9 Å². The van der Waals surface area contributed by atoms with Crippen molar-refractivity contribution >= 4 is 88.8 Å². The Labute approximate surface area is 495 Å². The molecule has 0 aliphatic heterocycles. The number of hydrogen-bond donors (Lipinski definition) is 0. The topological polar surface area (TPSA) is 93.7 Å². The Kier molecular flexibility index (Phi) is 12.3. The number of nitrogens with zero attached hydrogens (tertiary/aromatic N) is 10. The standard InChI is InChI=1S/C76H50N10/c1-7-17-71-63(11-1)64-12-2-8-18-72(64)85(71)59-33-29-57(30-34-59)83(61-37-39-67(79-49-61)51-41-45-77-46-42-51)55-25-21-53(22-26-55)75-76(82-70-16-6-5-15-69(70)81-75)54-23-27-56(28-24-54)84(62-38-40-68(80-50-62)52-43-47-78-48-44-52)58-31-35-60(36-32-58)86-73-19-9-3-13-65(73)66-14-4-10-20-74(66)86/h1-50H. The number of rotatable bonds is 12. The van der Waals surface area contributed by atoms with Gasteiger partial charge in [-0.05, 0) is 158 Å². The maximum atomic E-state index is 5.36. The van der Waals surface area contributed by atoms with Gasteiger partial charge in [0.2, 0.25) is 0 Å². The van der Waals surface area contributed by atoms with Gasteiger partial charge in [0.1, 0.15) is 0 Å². The van der Waals surface area contributed by atoms with E-state index in [1.54, 1.807) is 24.8 Å². The first-order valence-corrected chi connectivity index (χ1v) is 28.6. The van der Waals surface area contributed by atoms with Crippen LogP contribution in [-0.4, -0.2) is 39.0 Å². The molecule has 0 saturated carbocycles. The number of fused-ring (bicyclic) bond motifs is 7. The zero-order valence-corrected chi connectivity index (χ0v) is 46.3. The molecule has 16 rings (SSSR count). The number of anilines is 6. The quantitative estimate of drug-likeness (QED) is 0.119. The third kappa shape index (κ3) is 8.84. The highest BCUT2D eigenvalue weighted by atomic mass is 15.2. The molecule has 0 saturated heterocycles. The van der Waals surface area contributed by atoms with E-state index in [0.717, 1.165) is 124 Å². The molecule has 0 bridgehead atoms. The molecule has 16 aromatic rings. The Balaban J connectivity index is 0.768. The summed E-state index contributed by atoms with van der Waals surface area (Å²) in [5.74, 6) is 0. The summed E-state index contributed by atoms with van der Waals surface area (Å²) in [6, 6.07) is 93.7. The van der Waals surface area contributed by atoms with E-state index in [-0.39, 0.29) is 0 Å². The van der Waals surface area contributed by atoms with Gasteiger partial charge >= 0.3 is 0 Å². The average Bonchev–Trinajstić information content (AvgIpc) is 2.91. The zero-order valence-electron chi connectivity index (χ0n) is 46.3. The predicted molar refractivity (Wildman–Crippen MR) is 351 cm³/mol. The molecular formula is C76H50N10. The summed E-state index contributed by atoms with van der Waals surface area (Å²) in [4.78, 5) is 33.7. The van der Waals surface area contributed by atoms with Gasteiger partial charge in [0.15, 0.2) is 0 Å². The van der Waals surface area contributed by atoms with E-state index >= 15 is 0 Å². The van der Waals surface area contributed by atoms with Crippen LogP contribution in [0.5, 0.6) is 0 Å². The van der Waals surface area contributed by atoms with Crippen LogP contribution in [0.2, 0.25) is 0 Å². The van der Waals surface area contributed by atoms with E-state index in [1.807, 2.05) is 60.9 Å². The van der Waals surface area contributed by atoms with Crippen molar-refractivity contribution in [2.24, 2.45) is 0 Å². The van der Waals surface area contributed by atoms with E-state index < -0.39 is 0 Å². The van der Waals surface area contributed by atoms with Crippen LogP contribution in [0.3, 0.4) is 0 Å². The minimum atomic E-state index is 0.779. The summed E-state index contributed by atoms with van der Waals surface area (Å²) in [6.45, 7) is 0. The summed E-state index contributed by atoms with van der Waals surface area (Å²) < 4.78 is 4.69. The van der Waals surface area contributed by atoms with Crippen molar-refractivity contribution < 1.29 is 0 Å². The van der Waals surface area contributed by atoms with Crippen LogP contribution in [-0.2, 0) is 0 Å². The highest BCUT2D eigenvalue weighted by molar-refractivity contribution is 6.10. The fourth-order valence-corrected chi connectivity index (χ4v) is 12.2. The third-order valence-corrected chi connectivity index (χ3v) is 16.2. The molecule has 0 N–H and O–H groups in total. The largest absolute Gasteiger partial charge is 0.309 e. The number of para-hydroxylation sites is 6. The van der Waals surface area contributed by atoms with Gasteiger partial charge in [0.05, 0.1) is 79.6 Å². The van der Waals surface area contributed by atoms with E-state index in [0.29, 0.717) is 0 Å². The molecule has 0 fully saturated rings. The van der Waals surface area contributed by atoms with Gasteiger partial charge in [-0.25, -0.2) is 9.97 Å². The van der Waals surface area contributed by atoms with Gasteiger partial charge in [-0.15, -0.1) is 0 Å². The summed E-state index contributed by atoms with van der Waals surface area (Å²) in [6.07, 6.45) is 11.1. The van der Waals surface area contributed by atoms with Gasteiger partial charge in [0, 0.05) is 103 Å². The maximum Gasteiger partial charge on any atom is 0.0973 e. The fraction of sp³-hybridized carbons (Fsp3) is 0. The first kappa shape index (κ1) is 49.9. The molecule has 0 aliphatic rings. The first-order chi connectivity index (χ1) is 42.6. The highest BCUT2D eigenvalue weighted by Crippen LogP contribution is 2.42. The second-order valence-electron chi connectivity index (χ2n) is 21.2. The van der Waals surface area contributed by atoms with Crippen molar-refractivity contribution in [1.29, 1.82) is 0 Å². The summed E-state index contributed by atoms with van der Waals surface area (Å²) in [5.41, 5.74) is 21.3. The lowest BCUT2D eigenvalue weighted by Gasteiger charge is -2.26. The second-order valence-corrected chi connectivity index (χ2v) is 21.2. The molecule has 0 amide bonds. The highest BCUT2D eigenvalue weighted by Gasteiger charge is 2.21. The molecule has 0 spiro atoms. The molecule has 404 valence electrons. The minimum absolute atomic E-state index is 0.779. The van der Waals surface area contributed by atoms with Crippen molar-refractivity contribution in [3.63, 3.8) is 0 Å². The van der Waals surface area contributed by atoms with Gasteiger partial charge in [0.25, 0.3) is 0 Å². The third-order valence-electron chi connectivity index (χ3n) is 16.2. The molecule has 10 heteroatoms. The van der Waals surface area contributed by atoms with E-state index in [2.05, 4.69) is 247 Å². The van der Waals surface area contributed by atoms with Gasteiger partial charge in [-0.1, -0.05) is 109 Å². The average molecular weight is 1100 g/mol. The molecule has 10 nitrogen and oxygen atoms in total. The normalized spacial score (nSPS) is 11.5. The van der Waals surface area contributed by atoms with Crippen molar-refractivity contribution in [1.82, 2.24) is 39.0 Å². The molecule has 7 heterocycles. The van der Waals surface area contributed by atoms with Gasteiger partial charge in [-0.3, -0.25) is 19.9 Å². The van der Waals surface area contributed by atoms with Crippen molar-refractivity contribution in [2.45, 2.75) is 0 Å². The SMILES string of the molecule is c1ccc2nc(-c3ccc(N(c4ccc(-n5c6ccccc6c6ccccc65)cc4)c4ccc(-c5ccncc5)nc4)cc3)c(-c3ccc(N(c4ccc(-n5c6ccccc6c6ccccc65)cc4)c4ccc(-c5ccncc5)nc4)cc3)nc2c1. The number of aromatic nitrogens is 8. The maximum absolute atomic E-state index is 5.36. The molecule has 86 heavy (non-hydrogen) atoms. The molecule has 0 atom stereocenters. The van der Waals surface area contributed by atoms with Crippen LogP contribution < -0.4 is 9.80 Å². The smallest absolute Gasteiger partial charge is 0.0973 e. The number of benzene rings is 9. The predicted octanol–water partition coefficient (Wildman–Crippen LogP) is 19.0. The lowest BCUT2D eigenvalue weighted by molar-refractivity contribution is 1.17. The lowest BCUT2D eigenvalue weighted by Crippen LogP contribution is -2.11. The summed E-state index contributed by atoms with van der Waals surface area (Å²) in [5, 5.41) is 4.90. The second kappa shape index (κ2) is 21.1. The number of hydrogen-bond acceptors (Lipinski definition) is 8. The lowest BCUT2D eigenvalue weighted by atomic mass is 10.0. The fourth-order valence-electron chi connectivity index (χ4n) is 12.2. The first-order valence-electron chi connectivity index (χ1n) is 28.6. The Morgan fingerprint density at radius 1 is 0.256 bits per heavy atom. The Morgan fingerprint density at radius 2 is 0.558 bits per heavy atom. The van der Waals surface area contributed by atoms with Gasteiger partial charge in [-0.2, -0.15) is 0 Å². The van der Waals surface area contributed by atoms with Crippen LogP contribution in [0.1, 0.15) is 0 Å². The minimum Gasteiger partial charge on any atom is -0.309 e. The molecule has 0 unspecified atom stereocenters. The molecule has 7 aromatic heterocycles. The van der Waals surface area contributed by atoms with Gasteiger partial charge < -0.3 is 18.9 Å². The summed E-state index contributed by atoms with van der Waals surface area (Å²) >= 11 is 0. The van der Waals surface area contributed by atoms with E-state index in [1.165, 1.54) is 21.5 Å². The van der Waals surface area contributed by atoms with Crippen molar-refractivity contribution in [3.05, 3.63) is 304 Å². The molecule has 0 radical (unpaired) electrons. The Morgan fingerprint density at radius 3 is 0.884 bits per heavy atom. The van der Waals surface area contributed by atoms with E-state index in [9.17, 15) is 0 Å².